The first-order valence-electron chi connectivity index (χ1n) is 10.5. The molecular formula is C22H27N3O6S. The monoisotopic (exact) mass is 461 g/mol. The quantitative estimate of drug-likeness (QED) is 0.683. The fourth-order valence-corrected chi connectivity index (χ4v) is 4.71. The number of amides is 1. The standard InChI is InChI=1S/C22H27N3O6S/c1-22(2,3)31-21(26)25-8-6-15(7-9-25)13-29-20-23-11-17(12-24-20)16-4-5-19-18(10-16)30-14-32(19,27)28/h4-5,10-12,15H,6-9,13-14H2,1-3H3. The van der Waals surface area contributed by atoms with E-state index in [1.807, 2.05) is 20.8 Å². The van der Waals surface area contributed by atoms with Crippen molar-refractivity contribution in [3.05, 3.63) is 30.6 Å². The van der Waals surface area contributed by atoms with Gasteiger partial charge in [0.05, 0.1) is 6.61 Å². The van der Waals surface area contributed by atoms with Crippen LogP contribution in [-0.2, 0) is 14.6 Å². The third-order valence-corrected chi connectivity index (χ3v) is 6.76. The van der Waals surface area contributed by atoms with Crippen LogP contribution in [0.2, 0.25) is 0 Å². The SMILES string of the molecule is CC(C)(C)OC(=O)N1CCC(COc2ncc(-c3ccc4c(c3)OCS4(=O)=O)cn2)CC1. The number of nitrogens with zero attached hydrogens (tertiary/aromatic N) is 3. The Morgan fingerprint density at radius 2 is 1.84 bits per heavy atom. The fraction of sp³-hybridized carbons (Fsp3) is 0.500. The van der Waals surface area contributed by atoms with Crippen molar-refractivity contribution in [2.24, 2.45) is 5.92 Å². The number of benzene rings is 1. The van der Waals surface area contributed by atoms with Gasteiger partial charge in [0.25, 0.3) is 0 Å². The number of ether oxygens (including phenoxy) is 3. The molecule has 172 valence electrons. The molecule has 10 heteroatoms. The van der Waals surface area contributed by atoms with Gasteiger partial charge in [0, 0.05) is 31.0 Å². The van der Waals surface area contributed by atoms with Crippen LogP contribution < -0.4 is 9.47 Å². The molecule has 2 aromatic rings. The van der Waals surface area contributed by atoms with Gasteiger partial charge in [-0.25, -0.2) is 23.2 Å². The van der Waals surface area contributed by atoms with Gasteiger partial charge in [-0.2, -0.15) is 0 Å². The topological polar surface area (TPSA) is 108 Å². The molecule has 1 saturated heterocycles. The Hall–Kier alpha value is -2.88. The molecule has 9 nitrogen and oxygen atoms in total. The summed E-state index contributed by atoms with van der Waals surface area (Å²) in [5.74, 6) is 0.333. The van der Waals surface area contributed by atoms with Crippen molar-refractivity contribution in [2.45, 2.75) is 44.1 Å². The number of carbonyl (C=O) groups excluding carboxylic acids is 1. The molecule has 0 atom stereocenters. The summed E-state index contributed by atoms with van der Waals surface area (Å²) in [7, 11) is -3.35. The lowest BCUT2D eigenvalue weighted by atomic mass is 9.98. The van der Waals surface area contributed by atoms with Crippen molar-refractivity contribution in [2.75, 3.05) is 25.6 Å². The van der Waals surface area contributed by atoms with Gasteiger partial charge in [-0.1, -0.05) is 6.07 Å². The smallest absolute Gasteiger partial charge is 0.410 e. The number of carbonyl (C=O) groups is 1. The van der Waals surface area contributed by atoms with E-state index in [4.69, 9.17) is 14.2 Å². The van der Waals surface area contributed by atoms with E-state index >= 15 is 0 Å². The molecule has 2 aliphatic rings. The van der Waals surface area contributed by atoms with E-state index in [2.05, 4.69) is 9.97 Å². The van der Waals surface area contributed by atoms with E-state index in [1.165, 1.54) is 0 Å². The molecule has 1 fully saturated rings. The van der Waals surface area contributed by atoms with Gasteiger partial charge in [-0.15, -0.1) is 0 Å². The predicted octanol–water partition coefficient (Wildman–Crippen LogP) is 3.29. The summed E-state index contributed by atoms with van der Waals surface area (Å²) in [6, 6.07) is 5.21. The zero-order valence-corrected chi connectivity index (χ0v) is 19.2. The second-order valence-electron chi connectivity index (χ2n) is 9.01. The van der Waals surface area contributed by atoms with Crippen LogP contribution in [-0.4, -0.2) is 60.6 Å². The van der Waals surface area contributed by atoms with Gasteiger partial charge in [0.15, 0.2) is 5.94 Å². The summed E-state index contributed by atoms with van der Waals surface area (Å²) in [5, 5.41) is 0. The van der Waals surface area contributed by atoms with Gasteiger partial charge in [0.2, 0.25) is 9.84 Å². The fourth-order valence-electron chi connectivity index (χ4n) is 3.60. The molecule has 1 aromatic heterocycles. The molecule has 0 aliphatic carbocycles. The summed E-state index contributed by atoms with van der Waals surface area (Å²) in [6.07, 6.45) is 4.66. The molecule has 0 saturated carbocycles. The highest BCUT2D eigenvalue weighted by molar-refractivity contribution is 7.91. The van der Waals surface area contributed by atoms with E-state index in [0.717, 1.165) is 24.0 Å². The Morgan fingerprint density at radius 3 is 2.50 bits per heavy atom. The maximum atomic E-state index is 12.2. The summed E-state index contributed by atoms with van der Waals surface area (Å²) in [6.45, 7) is 7.34. The third-order valence-electron chi connectivity index (χ3n) is 5.32. The Kier molecular flexibility index (Phi) is 5.98. The number of piperidine rings is 1. The molecule has 0 spiro atoms. The molecular weight excluding hydrogens is 434 g/mol. The van der Waals surface area contributed by atoms with Crippen molar-refractivity contribution in [1.29, 1.82) is 0 Å². The maximum absolute atomic E-state index is 12.2. The molecule has 2 aliphatic heterocycles. The first kappa shape index (κ1) is 22.3. The molecule has 1 amide bonds. The zero-order valence-electron chi connectivity index (χ0n) is 18.4. The maximum Gasteiger partial charge on any atom is 0.410 e. The van der Waals surface area contributed by atoms with Crippen LogP contribution in [0.15, 0.2) is 35.5 Å². The Labute approximate surface area is 187 Å². The average Bonchev–Trinajstić information content (AvgIpc) is 3.06. The first-order chi connectivity index (χ1) is 15.1. The number of fused-ring (bicyclic) bond motifs is 1. The number of hydrogen-bond acceptors (Lipinski definition) is 8. The normalized spacial score (nSPS) is 18.0. The third kappa shape index (κ3) is 5.12. The highest BCUT2D eigenvalue weighted by Crippen LogP contribution is 2.35. The van der Waals surface area contributed by atoms with E-state index in [9.17, 15) is 13.2 Å². The largest absolute Gasteiger partial charge is 0.476 e. The van der Waals surface area contributed by atoms with Crippen LogP contribution in [0.5, 0.6) is 11.8 Å². The highest BCUT2D eigenvalue weighted by atomic mass is 32.2. The second kappa shape index (κ2) is 8.57. The van der Waals surface area contributed by atoms with Crippen LogP contribution in [0.25, 0.3) is 11.1 Å². The van der Waals surface area contributed by atoms with Gasteiger partial charge in [0.1, 0.15) is 16.2 Å². The summed E-state index contributed by atoms with van der Waals surface area (Å²) >= 11 is 0. The minimum absolute atomic E-state index is 0.208. The van der Waals surface area contributed by atoms with Crippen molar-refractivity contribution < 1.29 is 27.4 Å². The van der Waals surface area contributed by atoms with Gasteiger partial charge < -0.3 is 19.1 Å². The molecule has 0 radical (unpaired) electrons. The minimum Gasteiger partial charge on any atom is -0.476 e. The van der Waals surface area contributed by atoms with Crippen molar-refractivity contribution in [3.63, 3.8) is 0 Å². The minimum atomic E-state index is -3.35. The molecule has 32 heavy (non-hydrogen) atoms. The second-order valence-corrected chi connectivity index (χ2v) is 10.9. The highest BCUT2D eigenvalue weighted by Gasteiger charge is 2.29. The van der Waals surface area contributed by atoms with E-state index < -0.39 is 15.4 Å². The molecule has 1 aromatic carbocycles. The van der Waals surface area contributed by atoms with Gasteiger partial charge in [-0.3, -0.25) is 0 Å². The van der Waals surface area contributed by atoms with Gasteiger partial charge in [-0.05, 0) is 57.2 Å². The molecule has 0 N–H and O–H groups in total. The zero-order chi connectivity index (χ0) is 22.9. The summed E-state index contributed by atoms with van der Waals surface area (Å²) < 4.78 is 40.2. The van der Waals surface area contributed by atoms with Crippen molar-refractivity contribution in [3.8, 4) is 22.9 Å². The molecule has 3 heterocycles. The average molecular weight is 462 g/mol. The van der Waals surface area contributed by atoms with E-state index in [0.29, 0.717) is 31.4 Å². The molecule has 0 unspecified atom stereocenters. The lowest BCUT2D eigenvalue weighted by Crippen LogP contribution is -2.42. The number of hydrogen-bond donors (Lipinski definition) is 0. The first-order valence-corrected chi connectivity index (χ1v) is 12.2. The van der Waals surface area contributed by atoms with Crippen molar-refractivity contribution >= 4 is 15.9 Å². The van der Waals surface area contributed by atoms with Crippen LogP contribution >= 0.6 is 0 Å². The predicted molar refractivity (Wildman–Crippen MR) is 116 cm³/mol. The Balaban J connectivity index is 1.29. The van der Waals surface area contributed by atoms with Gasteiger partial charge >= 0.3 is 12.1 Å². The summed E-state index contributed by atoms with van der Waals surface area (Å²) in [5.41, 5.74) is 1.01. The van der Waals surface area contributed by atoms with Crippen LogP contribution in [0.3, 0.4) is 0 Å². The lowest BCUT2D eigenvalue weighted by Gasteiger charge is -2.33. The molecule has 0 bridgehead atoms. The van der Waals surface area contributed by atoms with Crippen molar-refractivity contribution in [1.82, 2.24) is 14.9 Å². The Bertz CT molecular complexity index is 1090. The van der Waals surface area contributed by atoms with Crippen LogP contribution in [0, 0.1) is 5.92 Å². The number of sulfone groups is 1. The van der Waals surface area contributed by atoms with Crippen LogP contribution in [0.1, 0.15) is 33.6 Å². The number of rotatable bonds is 4. The molecule has 4 rings (SSSR count). The summed E-state index contributed by atoms with van der Waals surface area (Å²) in [4.78, 5) is 22.6. The van der Waals surface area contributed by atoms with Crippen LogP contribution in [0.4, 0.5) is 4.79 Å². The van der Waals surface area contributed by atoms with E-state index in [-0.39, 0.29) is 22.9 Å². The van der Waals surface area contributed by atoms with E-state index in [1.54, 1.807) is 35.5 Å². The number of aromatic nitrogens is 2. The lowest BCUT2D eigenvalue weighted by molar-refractivity contribution is 0.0163. The Morgan fingerprint density at radius 1 is 1.16 bits per heavy atom. The number of likely N-dealkylation sites (tertiary alicyclic amines) is 1.